The van der Waals surface area contributed by atoms with Crippen LogP contribution in [-0.4, -0.2) is 9.97 Å². The quantitative estimate of drug-likeness (QED) is 0.539. The fourth-order valence-electron chi connectivity index (χ4n) is 0.653. The van der Waals surface area contributed by atoms with Gasteiger partial charge in [-0.05, 0) is 19.1 Å². The monoisotopic (exact) mass is 186 g/mol. The standard InChI is InChI=1S/C7H7ClN2S/c1-5(11)10-6-2-3-7(8)9-4-6/h2-4H,1H3,(H,10,11). The molecule has 2 nitrogen and oxygen atoms in total. The minimum atomic E-state index is 0.484. The van der Waals surface area contributed by atoms with E-state index in [-0.39, 0.29) is 0 Å². The van der Waals surface area contributed by atoms with Crippen molar-refractivity contribution in [2.75, 3.05) is 5.32 Å². The van der Waals surface area contributed by atoms with E-state index in [0.29, 0.717) is 10.1 Å². The van der Waals surface area contributed by atoms with E-state index in [2.05, 4.69) is 10.3 Å². The maximum Gasteiger partial charge on any atom is 0.129 e. The first kappa shape index (κ1) is 8.43. The fourth-order valence-corrected chi connectivity index (χ4v) is 0.883. The molecule has 58 valence electrons. The van der Waals surface area contributed by atoms with E-state index in [4.69, 9.17) is 23.8 Å². The highest BCUT2D eigenvalue weighted by molar-refractivity contribution is 7.80. The highest BCUT2D eigenvalue weighted by atomic mass is 35.5. The number of rotatable bonds is 1. The van der Waals surface area contributed by atoms with Gasteiger partial charge in [-0.25, -0.2) is 4.98 Å². The maximum atomic E-state index is 5.58. The van der Waals surface area contributed by atoms with Gasteiger partial charge in [0.05, 0.1) is 16.9 Å². The molecule has 0 aliphatic rings. The van der Waals surface area contributed by atoms with Gasteiger partial charge in [0.2, 0.25) is 0 Å². The SMILES string of the molecule is CC(=S)Nc1ccc(Cl)nc1. The van der Waals surface area contributed by atoms with E-state index in [1.807, 2.05) is 13.0 Å². The molecule has 1 rings (SSSR count). The molecule has 1 heterocycles. The van der Waals surface area contributed by atoms with E-state index in [0.717, 1.165) is 5.69 Å². The molecule has 0 amide bonds. The molecule has 0 bridgehead atoms. The lowest BCUT2D eigenvalue weighted by atomic mass is 10.4. The van der Waals surface area contributed by atoms with Crippen molar-refractivity contribution in [3.63, 3.8) is 0 Å². The Bertz CT molecular complexity index is 258. The second kappa shape index (κ2) is 3.64. The van der Waals surface area contributed by atoms with Crippen LogP contribution in [0.25, 0.3) is 0 Å². The van der Waals surface area contributed by atoms with Crippen molar-refractivity contribution in [3.05, 3.63) is 23.5 Å². The lowest BCUT2D eigenvalue weighted by molar-refractivity contribution is 1.33. The number of anilines is 1. The summed E-state index contributed by atoms with van der Waals surface area (Å²) in [5, 5.41) is 3.43. The van der Waals surface area contributed by atoms with Gasteiger partial charge >= 0.3 is 0 Å². The summed E-state index contributed by atoms with van der Waals surface area (Å²) in [5.41, 5.74) is 0.863. The summed E-state index contributed by atoms with van der Waals surface area (Å²) in [4.78, 5) is 4.59. The molecule has 0 fully saturated rings. The first-order valence-corrected chi connectivity index (χ1v) is 3.86. The maximum absolute atomic E-state index is 5.58. The molecule has 0 aromatic carbocycles. The van der Waals surface area contributed by atoms with Gasteiger partial charge in [-0.1, -0.05) is 23.8 Å². The third kappa shape index (κ3) is 2.82. The predicted octanol–water partition coefficient (Wildman–Crippen LogP) is 2.49. The van der Waals surface area contributed by atoms with E-state index >= 15 is 0 Å². The first-order valence-electron chi connectivity index (χ1n) is 3.07. The largest absolute Gasteiger partial charge is 0.349 e. The lowest BCUT2D eigenvalue weighted by Gasteiger charge is -2.01. The van der Waals surface area contributed by atoms with Gasteiger partial charge in [0, 0.05) is 0 Å². The molecule has 0 atom stereocenters. The fraction of sp³-hybridized carbons (Fsp3) is 0.143. The van der Waals surface area contributed by atoms with Gasteiger partial charge < -0.3 is 5.32 Å². The van der Waals surface area contributed by atoms with Gasteiger partial charge in [0.25, 0.3) is 0 Å². The van der Waals surface area contributed by atoms with Gasteiger partial charge in [-0.2, -0.15) is 0 Å². The minimum absolute atomic E-state index is 0.484. The van der Waals surface area contributed by atoms with Gasteiger partial charge in [-0.3, -0.25) is 0 Å². The van der Waals surface area contributed by atoms with Crippen molar-refractivity contribution in [1.29, 1.82) is 0 Å². The van der Waals surface area contributed by atoms with Crippen LogP contribution in [0.15, 0.2) is 18.3 Å². The first-order chi connectivity index (χ1) is 5.18. The van der Waals surface area contributed by atoms with Crippen molar-refractivity contribution >= 4 is 34.5 Å². The van der Waals surface area contributed by atoms with Crippen molar-refractivity contribution in [2.45, 2.75) is 6.92 Å². The number of nitrogens with zero attached hydrogens (tertiary/aromatic N) is 1. The number of thiocarbonyl (C=S) groups is 1. The van der Waals surface area contributed by atoms with E-state index in [9.17, 15) is 0 Å². The molecular weight excluding hydrogens is 180 g/mol. The van der Waals surface area contributed by atoms with Crippen molar-refractivity contribution < 1.29 is 0 Å². The average Bonchev–Trinajstić information content (AvgIpc) is 1.93. The van der Waals surface area contributed by atoms with Crippen LogP contribution in [0.5, 0.6) is 0 Å². The Morgan fingerprint density at radius 1 is 1.64 bits per heavy atom. The minimum Gasteiger partial charge on any atom is -0.349 e. The lowest BCUT2D eigenvalue weighted by Crippen LogP contribution is -2.03. The van der Waals surface area contributed by atoms with Crippen molar-refractivity contribution in [3.8, 4) is 0 Å². The molecule has 1 aromatic heterocycles. The highest BCUT2D eigenvalue weighted by Gasteiger charge is 1.92. The summed E-state index contributed by atoms with van der Waals surface area (Å²) >= 11 is 10.4. The molecule has 0 unspecified atom stereocenters. The molecule has 0 saturated carbocycles. The molecule has 1 N–H and O–H groups in total. The Morgan fingerprint density at radius 3 is 2.82 bits per heavy atom. The molecule has 4 heteroatoms. The molecule has 0 radical (unpaired) electrons. The van der Waals surface area contributed by atoms with Crippen LogP contribution >= 0.6 is 23.8 Å². The van der Waals surface area contributed by atoms with Crippen LogP contribution in [-0.2, 0) is 0 Å². The average molecular weight is 187 g/mol. The number of nitrogens with one attached hydrogen (secondary N) is 1. The molecule has 0 saturated heterocycles. The summed E-state index contributed by atoms with van der Waals surface area (Å²) in [5.74, 6) is 0. The Balaban J connectivity index is 2.74. The predicted molar refractivity (Wildman–Crippen MR) is 51.1 cm³/mol. The van der Waals surface area contributed by atoms with Crippen LogP contribution in [0.2, 0.25) is 5.15 Å². The van der Waals surface area contributed by atoms with Crippen LogP contribution in [0.4, 0.5) is 5.69 Å². The molecule has 11 heavy (non-hydrogen) atoms. The third-order valence-electron chi connectivity index (χ3n) is 1.05. The Kier molecular flexibility index (Phi) is 2.79. The number of hydrogen-bond acceptors (Lipinski definition) is 2. The van der Waals surface area contributed by atoms with Crippen LogP contribution < -0.4 is 5.32 Å². The number of halogens is 1. The highest BCUT2D eigenvalue weighted by Crippen LogP contribution is 2.09. The Labute approximate surface area is 75.6 Å². The van der Waals surface area contributed by atoms with Gasteiger partial charge in [0.15, 0.2) is 0 Å². The Morgan fingerprint density at radius 2 is 2.36 bits per heavy atom. The normalized spacial score (nSPS) is 9.27. The zero-order valence-corrected chi connectivity index (χ0v) is 7.54. The number of hydrogen-bond donors (Lipinski definition) is 1. The Hall–Kier alpha value is -0.670. The van der Waals surface area contributed by atoms with E-state index in [1.54, 1.807) is 12.3 Å². The van der Waals surface area contributed by atoms with Crippen LogP contribution in [0, 0.1) is 0 Å². The van der Waals surface area contributed by atoms with Crippen LogP contribution in [0.3, 0.4) is 0 Å². The van der Waals surface area contributed by atoms with Crippen molar-refractivity contribution in [1.82, 2.24) is 4.98 Å². The van der Waals surface area contributed by atoms with Gasteiger partial charge in [0.1, 0.15) is 5.15 Å². The molecule has 1 aromatic rings. The molecule has 0 spiro atoms. The number of aromatic nitrogens is 1. The summed E-state index contributed by atoms with van der Waals surface area (Å²) in [6.45, 7) is 1.81. The molecule has 0 aliphatic heterocycles. The molecular formula is C7H7ClN2S. The molecule has 0 aliphatic carbocycles. The zero-order valence-electron chi connectivity index (χ0n) is 5.97. The second-order valence-corrected chi connectivity index (χ2v) is 3.05. The third-order valence-corrected chi connectivity index (χ3v) is 1.37. The second-order valence-electron chi connectivity index (χ2n) is 2.05. The summed E-state index contributed by atoms with van der Waals surface area (Å²) in [7, 11) is 0. The van der Waals surface area contributed by atoms with E-state index < -0.39 is 0 Å². The van der Waals surface area contributed by atoms with Gasteiger partial charge in [-0.15, -0.1) is 0 Å². The van der Waals surface area contributed by atoms with Crippen LogP contribution in [0.1, 0.15) is 6.92 Å². The summed E-state index contributed by atoms with van der Waals surface area (Å²) in [6, 6.07) is 3.54. The van der Waals surface area contributed by atoms with Crippen molar-refractivity contribution in [2.24, 2.45) is 0 Å². The summed E-state index contributed by atoms with van der Waals surface area (Å²) < 4.78 is 0. The topological polar surface area (TPSA) is 24.9 Å². The smallest absolute Gasteiger partial charge is 0.129 e. The summed E-state index contributed by atoms with van der Waals surface area (Å²) in [6.07, 6.45) is 1.64. The van der Waals surface area contributed by atoms with E-state index in [1.165, 1.54) is 0 Å². The zero-order chi connectivity index (χ0) is 8.27. The number of pyridine rings is 1.